The molecule has 0 bridgehead atoms. The Kier molecular flexibility index (Phi) is 3.94. The summed E-state index contributed by atoms with van der Waals surface area (Å²) >= 11 is 0. The second-order valence-electron chi connectivity index (χ2n) is 5.79. The first-order chi connectivity index (χ1) is 8.58. The molecule has 2 aliphatic rings. The molecule has 0 aliphatic heterocycles. The van der Waals surface area contributed by atoms with Gasteiger partial charge in [0.1, 0.15) is 0 Å². The fourth-order valence-electron chi connectivity index (χ4n) is 3.68. The Morgan fingerprint density at radius 3 is 3.06 bits per heavy atom. The number of carbonyl (C=O) groups excluding carboxylic acids is 1. The van der Waals surface area contributed by atoms with Crippen LogP contribution in [0.1, 0.15) is 52.9 Å². The number of fused-ring (bicyclic) bond motifs is 1. The van der Waals surface area contributed by atoms with Crippen LogP contribution in [0.25, 0.3) is 0 Å². The van der Waals surface area contributed by atoms with Crippen molar-refractivity contribution in [1.29, 1.82) is 0 Å². The Balaban J connectivity index is 2.16. The molecule has 0 saturated heterocycles. The van der Waals surface area contributed by atoms with Crippen molar-refractivity contribution in [2.75, 3.05) is 6.61 Å². The Labute approximate surface area is 110 Å². The van der Waals surface area contributed by atoms with Crippen molar-refractivity contribution in [3.05, 3.63) is 23.3 Å². The molecule has 2 aliphatic carbocycles. The molecule has 0 spiro atoms. The van der Waals surface area contributed by atoms with Gasteiger partial charge in [-0.3, -0.25) is 0 Å². The van der Waals surface area contributed by atoms with E-state index < -0.39 is 0 Å². The van der Waals surface area contributed by atoms with Gasteiger partial charge in [-0.25, -0.2) is 4.79 Å². The zero-order valence-corrected chi connectivity index (χ0v) is 11.8. The van der Waals surface area contributed by atoms with Crippen LogP contribution in [0, 0.1) is 11.3 Å². The van der Waals surface area contributed by atoms with E-state index in [-0.39, 0.29) is 5.97 Å². The number of hydrogen-bond donors (Lipinski definition) is 0. The van der Waals surface area contributed by atoms with Crippen molar-refractivity contribution in [3.63, 3.8) is 0 Å². The first-order valence-electron chi connectivity index (χ1n) is 7.14. The number of rotatable bonds is 3. The average molecular weight is 248 g/mol. The Hall–Kier alpha value is -1.05. The maximum atomic E-state index is 11.5. The van der Waals surface area contributed by atoms with E-state index in [1.54, 1.807) is 6.08 Å². The molecule has 0 aromatic carbocycles. The fraction of sp³-hybridized carbons (Fsp3) is 0.688. The highest BCUT2D eigenvalue weighted by molar-refractivity contribution is 5.83. The summed E-state index contributed by atoms with van der Waals surface area (Å²) in [4.78, 5) is 11.5. The van der Waals surface area contributed by atoms with Gasteiger partial charge in [0.25, 0.3) is 0 Å². The van der Waals surface area contributed by atoms with Gasteiger partial charge in [0.05, 0.1) is 6.61 Å². The third-order valence-electron chi connectivity index (χ3n) is 4.67. The van der Waals surface area contributed by atoms with Gasteiger partial charge in [-0.05, 0) is 55.6 Å². The molecule has 1 saturated carbocycles. The lowest BCUT2D eigenvalue weighted by atomic mass is 9.65. The van der Waals surface area contributed by atoms with E-state index in [0.717, 1.165) is 11.5 Å². The summed E-state index contributed by atoms with van der Waals surface area (Å²) < 4.78 is 5.00. The standard InChI is InChI=1S/C16H24O2/c1-4-18-15(17)11-12(2)14-9-8-13-7-5-6-10-16(13,14)3/h9,11,13H,4-8,10H2,1-3H3/b12-11+. The fourth-order valence-corrected chi connectivity index (χ4v) is 3.68. The van der Waals surface area contributed by atoms with Crippen molar-refractivity contribution < 1.29 is 9.53 Å². The van der Waals surface area contributed by atoms with Crippen LogP contribution in [-0.4, -0.2) is 12.6 Å². The van der Waals surface area contributed by atoms with Gasteiger partial charge in [-0.15, -0.1) is 0 Å². The van der Waals surface area contributed by atoms with Crippen LogP contribution in [0.4, 0.5) is 0 Å². The third-order valence-corrected chi connectivity index (χ3v) is 4.67. The zero-order valence-electron chi connectivity index (χ0n) is 11.8. The second-order valence-corrected chi connectivity index (χ2v) is 5.79. The molecule has 0 radical (unpaired) electrons. The normalized spacial score (nSPS) is 31.8. The van der Waals surface area contributed by atoms with E-state index in [2.05, 4.69) is 13.0 Å². The average Bonchev–Trinajstić information content (AvgIpc) is 2.66. The lowest BCUT2D eigenvalue weighted by Crippen LogP contribution is -2.29. The van der Waals surface area contributed by atoms with E-state index >= 15 is 0 Å². The smallest absolute Gasteiger partial charge is 0.331 e. The van der Waals surface area contributed by atoms with E-state index in [1.807, 2.05) is 13.8 Å². The van der Waals surface area contributed by atoms with Crippen LogP contribution in [0.3, 0.4) is 0 Å². The summed E-state index contributed by atoms with van der Waals surface area (Å²) in [5.74, 6) is 0.575. The third kappa shape index (κ3) is 2.38. The molecule has 2 heteroatoms. The Bertz CT molecular complexity index is 392. The Morgan fingerprint density at radius 1 is 1.56 bits per heavy atom. The molecular formula is C16H24O2. The highest BCUT2D eigenvalue weighted by Gasteiger charge is 2.42. The molecule has 0 aromatic heterocycles. The molecule has 2 atom stereocenters. The van der Waals surface area contributed by atoms with E-state index in [0.29, 0.717) is 12.0 Å². The minimum Gasteiger partial charge on any atom is -0.463 e. The van der Waals surface area contributed by atoms with Crippen molar-refractivity contribution in [2.24, 2.45) is 11.3 Å². The zero-order chi connectivity index (χ0) is 13.2. The van der Waals surface area contributed by atoms with Crippen molar-refractivity contribution >= 4 is 5.97 Å². The molecule has 100 valence electrons. The molecule has 2 rings (SSSR count). The van der Waals surface area contributed by atoms with Crippen LogP contribution in [0.5, 0.6) is 0 Å². The molecule has 0 N–H and O–H groups in total. The number of esters is 1. The van der Waals surface area contributed by atoms with Crippen molar-refractivity contribution in [2.45, 2.75) is 52.9 Å². The summed E-state index contributed by atoms with van der Waals surface area (Å²) in [6.07, 6.45) is 10.5. The number of hydrogen-bond acceptors (Lipinski definition) is 2. The molecule has 0 heterocycles. The van der Waals surface area contributed by atoms with Crippen LogP contribution >= 0.6 is 0 Å². The maximum Gasteiger partial charge on any atom is 0.331 e. The second kappa shape index (κ2) is 5.29. The SMILES string of the molecule is CCOC(=O)/C=C(\C)C1=CCC2CCCCC12C. The van der Waals surface area contributed by atoms with Crippen LogP contribution in [0.15, 0.2) is 23.3 Å². The number of allylic oxidation sites excluding steroid dienone is 3. The first-order valence-corrected chi connectivity index (χ1v) is 7.14. The van der Waals surface area contributed by atoms with E-state index in [1.165, 1.54) is 37.7 Å². The lowest BCUT2D eigenvalue weighted by molar-refractivity contribution is -0.137. The summed E-state index contributed by atoms with van der Waals surface area (Å²) in [6, 6.07) is 0. The molecule has 1 fully saturated rings. The molecule has 2 unspecified atom stereocenters. The van der Waals surface area contributed by atoms with Gasteiger partial charge in [0.15, 0.2) is 0 Å². The summed E-state index contributed by atoms with van der Waals surface area (Å²) in [5.41, 5.74) is 2.78. The van der Waals surface area contributed by atoms with Gasteiger partial charge in [0.2, 0.25) is 0 Å². The monoisotopic (exact) mass is 248 g/mol. The predicted octanol–water partition coefficient (Wildman–Crippen LogP) is 4.02. The molecule has 0 amide bonds. The lowest BCUT2D eigenvalue weighted by Gasteiger charge is -2.39. The molecule has 0 aromatic rings. The predicted molar refractivity (Wildman–Crippen MR) is 73.2 cm³/mol. The van der Waals surface area contributed by atoms with Gasteiger partial charge in [-0.2, -0.15) is 0 Å². The summed E-state index contributed by atoms with van der Waals surface area (Å²) in [6.45, 7) is 6.71. The van der Waals surface area contributed by atoms with E-state index in [4.69, 9.17) is 4.74 Å². The van der Waals surface area contributed by atoms with Crippen LogP contribution in [0.2, 0.25) is 0 Å². The largest absolute Gasteiger partial charge is 0.463 e. The molecular weight excluding hydrogens is 224 g/mol. The minimum atomic E-state index is -0.209. The number of carbonyl (C=O) groups is 1. The van der Waals surface area contributed by atoms with Crippen LogP contribution in [-0.2, 0) is 9.53 Å². The Morgan fingerprint density at radius 2 is 2.33 bits per heavy atom. The van der Waals surface area contributed by atoms with Gasteiger partial charge < -0.3 is 4.74 Å². The van der Waals surface area contributed by atoms with Gasteiger partial charge >= 0.3 is 5.97 Å². The molecule has 18 heavy (non-hydrogen) atoms. The van der Waals surface area contributed by atoms with Crippen LogP contribution < -0.4 is 0 Å². The first kappa shape index (κ1) is 13.4. The molecule has 2 nitrogen and oxygen atoms in total. The summed E-state index contributed by atoms with van der Waals surface area (Å²) in [7, 11) is 0. The van der Waals surface area contributed by atoms with E-state index in [9.17, 15) is 4.79 Å². The quantitative estimate of drug-likeness (QED) is 0.557. The maximum absolute atomic E-state index is 11.5. The summed E-state index contributed by atoms with van der Waals surface area (Å²) in [5, 5.41) is 0. The number of ether oxygens (including phenoxy) is 1. The topological polar surface area (TPSA) is 26.3 Å². The van der Waals surface area contributed by atoms with Crippen molar-refractivity contribution in [3.8, 4) is 0 Å². The van der Waals surface area contributed by atoms with Crippen molar-refractivity contribution in [1.82, 2.24) is 0 Å². The highest BCUT2D eigenvalue weighted by Crippen LogP contribution is 2.54. The van der Waals surface area contributed by atoms with Gasteiger partial charge in [-0.1, -0.05) is 25.8 Å². The minimum absolute atomic E-state index is 0.209. The highest BCUT2D eigenvalue weighted by atomic mass is 16.5. The van der Waals surface area contributed by atoms with Gasteiger partial charge in [0, 0.05) is 6.08 Å².